The first kappa shape index (κ1) is 19.6. The minimum Gasteiger partial charge on any atom is -0.478 e. The van der Waals surface area contributed by atoms with E-state index in [0.717, 1.165) is 44.3 Å². The topological polar surface area (TPSA) is 58.2 Å². The number of fused-ring (bicyclic) bond motifs is 2. The number of aromatic nitrogens is 2. The summed E-state index contributed by atoms with van der Waals surface area (Å²) in [6.45, 7) is 6.17. The molecule has 0 amide bonds. The summed E-state index contributed by atoms with van der Waals surface area (Å²) >= 11 is 0. The molecule has 3 heterocycles. The number of nitrogens with one attached hydrogen (secondary N) is 1. The van der Waals surface area contributed by atoms with Gasteiger partial charge >= 0.3 is 0 Å². The standard InChI is InChI=1S/C24H29N3O2/c1-2-5-18-6-7-21-17-27(14-12-20(21)16-18)13-3-4-15-29-23-11-9-19-8-10-22(28)25-24(19)26-23/h6-11,16H,2-5,12-15,17H2,1H3,(H,25,26,28). The van der Waals surface area contributed by atoms with Gasteiger partial charge in [0.2, 0.25) is 11.4 Å². The second kappa shape index (κ2) is 9.23. The molecule has 5 heteroatoms. The Morgan fingerprint density at radius 2 is 2.00 bits per heavy atom. The summed E-state index contributed by atoms with van der Waals surface area (Å²) in [7, 11) is 0. The number of ether oxygens (including phenoxy) is 1. The van der Waals surface area contributed by atoms with Crippen molar-refractivity contribution in [2.24, 2.45) is 0 Å². The van der Waals surface area contributed by atoms with Gasteiger partial charge in [0.25, 0.3) is 0 Å². The maximum absolute atomic E-state index is 11.4. The molecular weight excluding hydrogens is 362 g/mol. The Balaban J connectivity index is 1.21. The zero-order chi connectivity index (χ0) is 20.1. The molecule has 5 nitrogen and oxygen atoms in total. The molecule has 152 valence electrons. The number of aryl methyl sites for hydroxylation is 1. The van der Waals surface area contributed by atoms with Crippen LogP contribution in [0, 0.1) is 0 Å². The average Bonchev–Trinajstić information content (AvgIpc) is 2.73. The Morgan fingerprint density at radius 1 is 1.10 bits per heavy atom. The minimum absolute atomic E-state index is 0.146. The molecule has 29 heavy (non-hydrogen) atoms. The lowest BCUT2D eigenvalue weighted by molar-refractivity contribution is 0.233. The molecule has 0 bridgehead atoms. The highest BCUT2D eigenvalue weighted by atomic mass is 16.5. The van der Waals surface area contributed by atoms with Crippen molar-refractivity contribution in [3.8, 4) is 5.88 Å². The number of nitrogens with zero attached hydrogens (tertiary/aromatic N) is 2. The van der Waals surface area contributed by atoms with Crippen LogP contribution < -0.4 is 10.3 Å². The lowest BCUT2D eigenvalue weighted by Gasteiger charge is -2.29. The highest BCUT2D eigenvalue weighted by Gasteiger charge is 2.16. The van der Waals surface area contributed by atoms with E-state index in [1.165, 1.54) is 35.6 Å². The zero-order valence-corrected chi connectivity index (χ0v) is 17.1. The Kier molecular flexibility index (Phi) is 6.25. The number of hydrogen-bond acceptors (Lipinski definition) is 4. The highest BCUT2D eigenvalue weighted by Crippen LogP contribution is 2.21. The summed E-state index contributed by atoms with van der Waals surface area (Å²) in [5, 5.41) is 0.907. The SMILES string of the molecule is CCCc1ccc2c(c1)CCN(CCCCOc1ccc3ccc(=O)[nH]c3n1)C2. The smallest absolute Gasteiger partial charge is 0.249 e. The number of H-pyrrole nitrogens is 1. The van der Waals surface area contributed by atoms with E-state index in [4.69, 9.17) is 4.74 Å². The van der Waals surface area contributed by atoms with Gasteiger partial charge in [-0.2, -0.15) is 4.98 Å². The van der Waals surface area contributed by atoms with Crippen LogP contribution in [0.1, 0.15) is 42.9 Å². The monoisotopic (exact) mass is 391 g/mol. The molecular formula is C24H29N3O2. The number of benzene rings is 1. The van der Waals surface area contributed by atoms with Crippen LogP contribution in [-0.2, 0) is 19.4 Å². The van der Waals surface area contributed by atoms with E-state index in [1.807, 2.05) is 12.1 Å². The van der Waals surface area contributed by atoms with Gasteiger partial charge < -0.3 is 9.72 Å². The van der Waals surface area contributed by atoms with E-state index < -0.39 is 0 Å². The van der Waals surface area contributed by atoms with Crippen molar-refractivity contribution in [3.63, 3.8) is 0 Å². The number of aromatic amines is 1. The minimum atomic E-state index is -0.146. The second-order valence-corrected chi connectivity index (χ2v) is 7.84. The number of rotatable bonds is 8. The normalized spacial score (nSPS) is 14.1. The van der Waals surface area contributed by atoms with Gasteiger partial charge in [-0.05, 0) is 61.1 Å². The van der Waals surface area contributed by atoms with E-state index in [2.05, 4.69) is 40.0 Å². The van der Waals surface area contributed by atoms with Gasteiger partial charge in [0.1, 0.15) is 5.65 Å². The Bertz CT molecular complexity index is 1030. The van der Waals surface area contributed by atoms with E-state index in [9.17, 15) is 4.79 Å². The fourth-order valence-electron chi connectivity index (χ4n) is 4.00. The fourth-order valence-corrected chi connectivity index (χ4v) is 4.00. The van der Waals surface area contributed by atoms with Gasteiger partial charge in [0, 0.05) is 30.6 Å². The lowest BCUT2D eigenvalue weighted by Crippen LogP contribution is -2.31. The highest BCUT2D eigenvalue weighted by molar-refractivity contribution is 5.74. The zero-order valence-electron chi connectivity index (χ0n) is 17.1. The van der Waals surface area contributed by atoms with Crippen molar-refractivity contribution in [3.05, 3.63) is 69.5 Å². The third-order valence-corrected chi connectivity index (χ3v) is 5.58. The molecule has 2 aromatic heterocycles. The van der Waals surface area contributed by atoms with E-state index in [1.54, 1.807) is 6.07 Å². The maximum atomic E-state index is 11.4. The summed E-state index contributed by atoms with van der Waals surface area (Å²) in [5.74, 6) is 0.564. The van der Waals surface area contributed by atoms with E-state index >= 15 is 0 Å². The largest absolute Gasteiger partial charge is 0.478 e. The molecule has 0 unspecified atom stereocenters. The first-order valence-electron chi connectivity index (χ1n) is 10.7. The van der Waals surface area contributed by atoms with Gasteiger partial charge in [0.05, 0.1) is 6.61 Å². The molecule has 0 aliphatic carbocycles. The van der Waals surface area contributed by atoms with Crippen LogP contribution in [0.15, 0.2) is 47.3 Å². The van der Waals surface area contributed by atoms with Crippen molar-refractivity contribution < 1.29 is 4.74 Å². The summed E-state index contributed by atoms with van der Waals surface area (Å²) in [6.07, 6.45) is 5.64. The second-order valence-electron chi connectivity index (χ2n) is 7.84. The van der Waals surface area contributed by atoms with Crippen LogP contribution in [0.25, 0.3) is 11.0 Å². The van der Waals surface area contributed by atoms with Gasteiger partial charge in [-0.15, -0.1) is 0 Å². The predicted octanol–water partition coefficient (Wildman–Crippen LogP) is 4.09. The lowest BCUT2D eigenvalue weighted by atomic mass is 9.96. The van der Waals surface area contributed by atoms with Crippen LogP contribution >= 0.6 is 0 Å². The van der Waals surface area contributed by atoms with Crippen molar-refractivity contribution in [1.29, 1.82) is 0 Å². The first-order chi connectivity index (χ1) is 14.2. The number of pyridine rings is 2. The van der Waals surface area contributed by atoms with Crippen molar-refractivity contribution in [2.75, 3.05) is 19.7 Å². The third kappa shape index (κ3) is 5.04. The van der Waals surface area contributed by atoms with Crippen molar-refractivity contribution in [2.45, 2.75) is 45.6 Å². The fraction of sp³-hybridized carbons (Fsp3) is 0.417. The molecule has 1 aliphatic rings. The van der Waals surface area contributed by atoms with Crippen LogP contribution in [-0.4, -0.2) is 34.6 Å². The van der Waals surface area contributed by atoms with Gasteiger partial charge in [0.15, 0.2) is 0 Å². The molecule has 0 radical (unpaired) electrons. The van der Waals surface area contributed by atoms with Gasteiger partial charge in [-0.1, -0.05) is 31.5 Å². The Labute approximate surface area is 171 Å². The van der Waals surface area contributed by atoms with Crippen LogP contribution in [0.5, 0.6) is 5.88 Å². The quantitative estimate of drug-likeness (QED) is 0.588. The predicted molar refractivity (Wildman–Crippen MR) is 117 cm³/mol. The average molecular weight is 392 g/mol. The molecule has 3 aromatic rings. The Hall–Kier alpha value is -2.66. The molecule has 0 atom stereocenters. The molecule has 1 N–H and O–H groups in total. The molecule has 0 spiro atoms. The van der Waals surface area contributed by atoms with E-state index in [0.29, 0.717) is 18.1 Å². The van der Waals surface area contributed by atoms with Crippen LogP contribution in [0.3, 0.4) is 0 Å². The molecule has 0 saturated carbocycles. The van der Waals surface area contributed by atoms with Crippen LogP contribution in [0.2, 0.25) is 0 Å². The Morgan fingerprint density at radius 3 is 2.90 bits per heavy atom. The van der Waals surface area contributed by atoms with E-state index in [-0.39, 0.29) is 5.56 Å². The van der Waals surface area contributed by atoms with Crippen LogP contribution in [0.4, 0.5) is 0 Å². The molecule has 0 fully saturated rings. The molecule has 1 aromatic carbocycles. The van der Waals surface area contributed by atoms with Gasteiger partial charge in [-0.3, -0.25) is 9.69 Å². The first-order valence-corrected chi connectivity index (χ1v) is 10.7. The summed E-state index contributed by atoms with van der Waals surface area (Å²) in [6, 6.07) is 14.1. The summed E-state index contributed by atoms with van der Waals surface area (Å²) in [4.78, 5) is 21.1. The molecule has 0 saturated heterocycles. The number of hydrogen-bond donors (Lipinski definition) is 1. The molecule has 1 aliphatic heterocycles. The summed E-state index contributed by atoms with van der Waals surface area (Å²) in [5.41, 5.74) is 4.93. The summed E-state index contributed by atoms with van der Waals surface area (Å²) < 4.78 is 5.78. The number of unbranched alkanes of at least 4 members (excludes halogenated alkanes) is 1. The maximum Gasteiger partial charge on any atom is 0.249 e. The van der Waals surface area contributed by atoms with Crippen molar-refractivity contribution in [1.82, 2.24) is 14.9 Å². The molecule has 4 rings (SSSR count). The van der Waals surface area contributed by atoms with Crippen molar-refractivity contribution >= 4 is 11.0 Å². The third-order valence-electron chi connectivity index (χ3n) is 5.58. The van der Waals surface area contributed by atoms with Gasteiger partial charge in [-0.25, -0.2) is 0 Å².